The average molecular weight is 298 g/mol. The molecule has 7 atom stereocenters. The maximum absolute atomic E-state index is 11.8. The molecule has 0 aromatic carbocycles. The molecule has 4 saturated carbocycles. The highest BCUT2D eigenvalue weighted by atomic mass is 16.1. The number of hydrogen-bond donors (Lipinski definition) is 0. The van der Waals surface area contributed by atoms with E-state index in [2.05, 4.69) is 13.8 Å². The maximum Gasteiger partial charge on any atom is 0.155 e. The van der Waals surface area contributed by atoms with Crippen LogP contribution in [0.15, 0.2) is 11.6 Å². The summed E-state index contributed by atoms with van der Waals surface area (Å²) >= 11 is 0. The Morgan fingerprint density at radius 2 is 1.91 bits per heavy atom. The number of carbonyl (C=O) groups excluding carboxylic acids is 1. The highest BCUT2D eigenvalue weighted by molar-refractivity contribution is 5.91. The monoisotopic (exact) mass is 298 g/mol. The van der Waals surface area contributed by atoms with Crippen molar-refractivity contribution in [3.63, 3.8) is 0 Å². The largest absolute Gasteiger partial charge is 0.295 e. The molecule has 1 spiro atoms. The Bertz CT molecular complexity index is 560. The van der Waals surface area contributed by atoms with Gasteiger partial charge in [-0.2, -0.15) is 0 Å². The van der Waals surface area contributed by atoms with Crippen molar-refractivity contribution in [2.24, 2.45) is 40.4 Å². The van der Waals surface area contributed by atoms with Crippen molar-refractivity contribution in [1.82, 2.24) is 0 Å². The van der Waals surface area contributed by atoms with Gasteiger partial charge in [-0.05, 0) is 97.9 Å². The first-order valence-corrected chi connectivity index (χ1v) is 9.87. The van der Waals surface area contributed by atoms with Crippen LogP contribution in [-0.4, -0.2) is 5.78 Å². The molecule has 4 fully saturated rings. The predicted octanol–water partition coefficient (Wildman–Crippen LogP) is 5.15. The molecule has 0 aromatic heterocycles. The molecule has 0 saturated heterocycles. The quantitative estimate of drug-likeness (QED) is 0.654. The summed E-state index contributed by atoms with van der Waals surface area (Å²) in [5.41, 5.74) is 2.96. The van der Waals surface area contributed by atoms with Gasteiger partial charge in [0.15, 0.2) is 5.78 Å². The molecule has 5 aliphatic rings. The molecule has 120 valence electrons. The van der Waals surface area contributed by atoms with Gasteiger partial charge in [0.05, 0.1) is 0 Å². The van der Waals surface area contributed by atoms with Gasteiger partial charge in [0.2, 0.25) is 0 Å². The van der Waals surface area contributed by atoms with E-state index in [-0.39, 0.29) is 0 Å². The van der Waals surface area contributed by atoms with E-state index in [4.69, 9.17) is 0 Å². The van der Waals surface area contributed by atoms with Crippen LogP contribution in [0.4, 0.5) is 0 Å². The number of ketones is 1. The Balaban J connectivity index is 1.54. The lowest BCUT2D eigenvalue weighted by Gasteiger charge is -2.56. The number of rotatable bonds is 1. The van der Waals surface area contributed by atoms with E-state index >= 15 is 0 Å². The third kappa shape index (κ3) is 1.37. The van der Waals surface area contributed by atoms with Crippen molar-refractivity contribution in [3.05, 3.63) is 11.6 Å². The molecule has 0 heterocycles. The van der Waals surface area contributed by atoms with Crippen molar-refractivity contribution >= 4 is 5.78 Å². The van der Waals surface area contributed by atoms with E-state index < -0.39 is 0 Å². The Morgan fingerprint density at radius 3 is 2.68 bits per heavy atom. The van der Waals surface area contributed by atoms with Gasteiger partial charge in [-0.3, -0.25) is 4.79 Å². The van der Waals surface area contributed by atoms with Gasteiger partial charge in [-0.25, -0.2) is 0 Å². The fourth-order valence-corrected chi connectivity index (χ4v) is 8.57. The summed E-state index contributed by atoms with van der Waals surface area (Å²) in [6.45, 7) is 5.05. The summed E-state index contributed by atoms with van der Waals surface area (Å²) in [5, 5.41) is 0. The predicted molar refractivity (Wildman–Crippen MR) is 88.3 cm³/mol. The molecule has 0 amide bonds. The van der Waals surface area contributed by atoms with E-state index in [9.17, 15) is 4.79 Å². The first-order chi connectivity index (χ1) is 10.6. The van der Waals surface area contributed by atoms with E-state index in [1.165, 1.54) is 51.4 Å². The van der Waals surface area contributed by atoms with E-state index in [1.54, 1.807) is 5.57 Å². The number of hydrogen-bond acceptors (Lipinski definition) is 1. The Hall–Kier alpha value is -0.590. The molecule has 5 aliphatic carbocycles. The molecular formula is C21H30O. The van der Waals surface area contributed by atoms with Gasteiger partial charge in [0, 0.05) is 6.42 Å². The van der Waals surface area contributed by atoms with Crippen LogP contribution in [0.1, 0.15) is 71.6 Å². The smallest absolute Gasteiger partial charge is 0.155 e. The van der Waals surface area contributed by atoms with Crippen LogP contribution in [0.25, 0.3) is 0 Å². The van der Waals surface area contributed by atoms with Crippen molar-refractivity contribution in [2.75, 3.05) is 0 Å². The van der Waals surface area contributed by atoms with Crippen LogP contribution < -0.4 is 0 Å². The van der Waals surface area contributed by atoms with E-state index in [0.29, 0.717) is 11.2 Å². The van der Waals surface area contributed by atoms with Crippen LogP contribution in [0, 0.1) is 40.4 Å². The van der Waals surface area contributed by atoms with Gasteiger partial charge in [0.25, 0.3) is 0 Å². The van der Waals surface area contributed by atoms with Crippen LogP contribution >= 0.6 is 0 Å². The molecule has 0 radical (unpaired) electrons. The topological polar surface area (TPSA) is 17.1 Å². The normalized spacial score (nSPS) is 55.6. The van der Waals surface area contributed by atoms with Crippen molar-refractivity contribution in [3.8, 4) is 0 Å². The Kier molecular flexibility index (Phi) is 2.68. The average Bonchev–Trinajstić information content (AvgIpc) is 2.96. The molecule has 5 rings (SSSR count). The second-order valence-electron chi connectivity index (χ2n) is 9.18. The first kappa shape index (κ1) is 13.8. The second-order valence-corrected chi connectivity index (χ2v) is 9.18. The van der Waals surface area contributed by atoms with Gasteiger partial charge in [0.1, 0.15) is 0 Å². The molecule has 1 nitrogen and oxygen atoms in total. The van der Waals surface area contributed by atoms with Crippen molar-refractivity contribution < 1.29 is 4.79 Å². The van der Waals surface area contributed by atoms with Gasteiger partial charge in [-0.15, -0.1) is 0 Å². The Morgan fingerprint density at radius 1 is 1.09 bits per heavy atom. The highest BCUT2D eigenvalue weighted by Gasteiger charge is 2.78. The SMILES string of the molecule is CC[C@]12CCC3C4CCC(=O)C=C4CCC3C13C(C)C3CC2. The first-order valence-electron chi connectivity index (χ1n) is 9.87. The van der Waals surface area contributed by atoms with E-state index in [1.807, 2.05) is 6.08 Å². The lowest BCUT2D eigenvalue weighted by atomic mass is 9.48. The van der Waals surface area contributed by atoms with Crippen molar-refractivity contribution in [1.29, 1.82) is 0 Å². The van der Waals surface area contributed by atoms with E-state index in [0.717, 1.165) is 41.4 Å². The third-order valence-corrected chi connectivity index (χ3v) is 9.26. The number of carbonyl (C=O) groups is 1. The molecule has 0 aliphatic heterocycles. The maximum atomic E-state index is 11.8. The number of fused-ring (bicyclic) bond motifs is 3. The van der Waals surface area contributed by atoms with Crippen LogP contribution in [0.5, 0.6) is 0 Å². The fraction of sp³-hybridized carbons (Fsp3) is 0.857. The molecule has 0 bridgehead atoms. The lowest BCUT2D eigenvalue weighted by Crippen LogP contribution is -2.49. The molecule has 1 heteroatoms. The lowest BCUT2D eigenvalue weighted by molar-refractivity contribution is -0.116. The summed E-state index contributed by atoms with van der Waals surface area (Å²) in [7, 11) is 0. The number of allylic oxidation sites excluding steroid dienone is 1. The van der Waals surface area contributed by atoms with Gasteiger partial charge in [-0.1, -0.05) is 19.4 Å². The minimum atomic E-state index is 0.403. The standard InChI is InChI=1S/C21H30O/c1-3-20-10-8-17-16-6-5-15(22)12-14(16)4-7-19(17)21(20)13(2)18(21)9-11-20/h12-13,16-19H,3-11H2,1-2H3/t13?,16?,17?,18?,19?,20-,21?/m1/s1. The van der Waals surface area contributed by atoms with Crippen LogP contribution in [0.3, 0.4) is 0 Å². The molecular weight excluding hydrogens is 268 g/mol. The minimum absolute atomic E-state index is 0.403. The summed E-state index contributed by atoms with van der Waals surface area (Å²) in [6.07, 6.45) is 14.1. The summed E-state index contributed by atoms with van der Waals surface area (Å²) in [6, 6.07) is 0. The van der Waals surface area contributed by atoms with Crippen molar-refractivity contribution in [2.45, 2.75) is 71.6 Å². The van der Waals surface area contributed by atoms with Gasteiger partial charge < -0.3 is 0 Å². The molecule has 0 N–H and O–H groups in total. The zero-order chi connectivity index (χ0) is 15.1. The fourth-order valence-electron chi connectivity index (χ4n) is 8.57. The molecule has 0 aromatic rings. The Labute approximate surface area is 134 Å². The highest BCUT2D eigenvalue weighted by Crippen LogP contribution is 2.85. The van der Waals surface area contributed by atoms with Gasteiger partial charge >= 0.3 is 0 Å². The zero-order valence-electron chi connectivity index (χ0n) is 14.2. The minimum Gasteiger partial charge on any atom is -0.295 e. The zero-order valence-corrected chi connectivity index (χ0v) is 14.2. The third-order valence-electron chi connectivity index (χ3n) is 9.26. The summed E-state index contributed by atoms with van der Waals surface area (Å²) in [5.74, 6) is 5.12. The summed E-state index contributed by atoms with van der Waals surface area (Å²) in [4.78, 5) is 11.8. The molecule has 6 unspecified atom stereocenters. The second kappa shape index (κ2) is 4.28. The molecule has 22 heavy (non-hydrogen) atoms. The van der Waals surface area contributed by atoms with Crippen LogP contribution in [0.2, 0.25) is 0 Å². The van der Waals surface area contributed by atoms with Crippen LogP contribution in [-0.2, 0) is 4.79 Å². The summed E-state index contributed by atoms with van der Waals surface area (Å²) < 4.78 is 0.